The fourth-order valence-corrected chi connectivity index (χ4v) is 3.27. The highest BCUT2D eigenvalue weighted by molar-refractivity contribution is 7.09. The molecule has 3 rings (SSSR count). The molecule has 0 spiro atoms. The second-order valence-electron chi connectivity index (χ2n) is 5.81. The number of anilines is 2. The molecule has 3 aromatic rings. The highest BCUT2D eigenvalue weighted by Crippen LogP contribution is 2.21. The van der Waals surface area contributed by atoms with Crippen LogP contribution in [0.5, 0.6) is 0 Å². The Bertz CT molecular complexity index is 954. The van der Waals surface area contributed by atoms with Gasteiger partial charge < -0.3 is 15.4 Å². The number of carbonyl (C=O) groups excluding carboxylic acids is 2. The Kier molecular flexibility index (Phi) is 5.95. The van der Waals surface area contributed by atoms with E-state index in [1.54, 1.807) is 37.6 Å². The summed E-state index contributed by atoms with van der Waals surface area (Å²) in [5.41, 5.74) is 2.79. The van der Waals surface area contributed by atoms with E-state index in [9.17, 15) is 9.59 Å². The molecule has 0 unspecified atom stereocenters. The van der Waals surface area contributed by atoms with Gasteiger partial charge >= 0.3 is 0 Å². The fraction of sp³-hybridized carbons (Fsp3) is 0.150. The van der Waals surface area contributed by atoms with Gasteiger partial charge in [0.1, 0.15) is 10.7 Å². The lowest BCUT2D eigenvalue weighted by molar-refractivity contribution is 0.101. The van der Waals surface area contributed by atoms with Gasteiger partial charge in [-0.2, -0.15) is 0 Å². The first-order chi connectivity index (χ1) is 13.1. The lowest BCUT2D eigenvalue weighted by Gasteiger charge is -2.12. The Labute approximate surface area is 161 Å². The van der Waals surface area contributed by atoms with Gasteiger partial charge in [0.05, 0.1) is 6.61 Å². The van der Waals surface area contributed by atoms with Crippen molar-refractivity contribution in [2.24, 2.45) is 0 Å². The smallest absolute Gasteiger partial charge is 0.275 e. The Balaban J connectivity index is 1.75. The van der Waals surface area contributed by atoms with Gasteiger partial charge in [-0.05, 0) is 36.8 Å². The van der Waals surface area contributed by atoms with Crippen molar-refractivity contribution >= 4 is 34.5 Å². The number of hydrogen-bond donors (Lipinski definition) is 2. The van der Waals surface area contributed by atoms with Gasteiger partial charge in [-0.1, -0.05) is 24.3 Å². The van der Waals surface area contributed by atoms with Crippen LogP contribution in [0, 0.1) is 6.92 Å². The van der Waals surface area contributed by atoms with E-state index >= 15 is 0 Å². The maximum absolute atomic E-state index is 12.6. The average molecular weight is 381 g/mol. The molecule has 0 radical (unpaired) electrons. The van der Waals surface area contributed by atoms with Gasteiger partial charge in [0.25, 0.3) is 11.8 Å². The minimum atomic E-state index is -0.322. The van der Waals surface area contributed by atoms with Crippen molar-refractivity contribution in [1.82, 2.24) is 4.98 Å². The number of nitrogens with one attached hydrogen (secondary N) is 2. The summed E-state index contributed by atoms with van der Waals surface area (Å²) in [4.78, 5) is 29.3. The first-order valence-corrected chi connectivity index (χ1v) is 9.17. The van der Waals surface area contributed by atoms with Crippen molar-refractivity contribution in [3.63, 3.8) is 0 Å². The molecule has 1 heterocycles. The molecule has 138 valence electrons. The molecule has 2 amide bonds. The standard InChI is InChI=1S/C20H19N3O3S/c1-13-15(19(24)21-14-7-4-3-5-8-14)9-6-10-16(13)23-20(25)17-12-27-18(22-17)11-26-2/h3-10,12H,11H2,1-2H3,(H,21,24)(H,23,25). The monoisotopic (exact) mass is 381 g/mol. The summed E-state index contributed by atoms with van der Waals surface area (Å²) in [6.45, 7) is 2.17. The van der Waals surface area contributed by atoms with Crippen LogP contribution in [0.1, 0.15) is 31.4 Å². The van der Waals surface area contributed by atoms with E-state index < -0.39 is 0 Å². The fourth-order valence-electron chi connectivity index (χ4n) is 2.53. The zero-order valence-electron chi connectivity index (χ0n) is 15.0. The van der Waals surface area contributed by atoms with Crippen molar-refractivity contribution in [3.8, 4) is 0 Å². The molecule has 6 nitrogen and oxygen atoms in total. The molecule has 0 saturated carbocycles. The van der Waals surface area contributed by atoms with Crippen LogP contribution in [0.15, 0.2) is 53.9 Å². The molecule has 1 aromatic heterocycles. The van der Waals surface area contributed by atoms with Crippen LogP contribution in [0.4, 0.5) is 11.4 Å². The summed E-state index contributed by atoms with van der Waals surface area (Å²) in [7, 11) is 1.58. The number of methoxy groups -OCH3 is 1. The molecule has 0 fully saturated rings. The molecule has 7 heteroatoms. The molecule has 0 bridgehead atoms. The number of thiazole rings is 1. The number of amides is 2. The van der Waals surface area contributed by atoms with E-state index in [0.29, 0.717) is 34.8 Å². The number of benzene rings is 2. The van der Waals surface area contributed by atoms with Crippen molar-refractivity contribution in [1.29, 1.82) is 0 Å². The van der Waals surface area contributed by atoms with Crippen molar-refractivity contribution in [2.75, 3.05) is 17.7 Å². The maximum Gasteiger partial charge on any atom is 0.275 e. The number of nitrogens with zero attached hydrogens (tertiary/aromatic N) is 1. The highest BCUT2D eigenvalue weighted by Gasteiger charge is 2.16. The first-order valence-electron chi connectivity index (χ1n) is 8.29. The molecular weight excluding hydrogens is 362 g/mol. The normalized spacial score (nSPS) is 10.4. The van der Waals surface area contributed by atoms with E-state index in [-0.39, 0.29) is 11.8 Å². The lowest BCUT2D eigenvalue weighted by atomic mass is 10.1. The van der Waals surface area contributed by atoms with Gasteiger partial charge in [0.15, 0.2) is 0 Å². The van der Waals surface area contributed by atoms with Gasteiger partial charge in [0, 0.05) is 29.4 Å². The van der Waals surface area contributed by atoms with Gasteiger partial charge in [0.2, 0.25) is 0 Å². The van der Waals surface area contributed by atoms with Gasteiger partial charge in [-0.15, -0.1) is 11.3 Å². The summed E-state index contributed by atoms with van der Waals surface area (Å²) in [6.07, 6.45) is 0. The SMILES string of the molecule is COCc1nc(C(=O)Nc2cccc(C(=O)Nc3ccccc3)c2C)cs1. The number of para-hydroxylation sites is 1. The van der Waals surface area contributed by atoms with Crippen LogP contribution >= 0.6 is 11.3 Å². The number of rotatable bonds is 6. The highest BCUT2D eigenvalue weighted by atomic mass is 32.1. The molecule has 0 atom stereocenters. The Morgan fingerprint density at radius 3 is 2.56 bits per heavy atom. The van der Waals surface area contributed by atoms with E-state index in [0.717, 1.165) is 5.01 Å². The third-order valence-electron chi connectivity index (χ3n) is 3.91. The Hall–Kier alpha value is -3.03. The quantitative estimate of drug-likeness (QED) is 0.674. The van der Waals surface area contributed by atoms with Gasteiger partial charge in [-0.3, -0.25) is 9.59 Å². The first kappa shape index (κ1) is 18.8. The molecule has 27 heavy (non-hydrogen) atoms. The maximum atomic E-state index is 12.6. The van der Waals surface area contributed by atoms with Crippen LogP contribution in [0.25, 0.3) is 0 Å². The summed E-state index contributed by atoms with van der Waals surface area (Å²) in [5, 5.41) is 8.10. The summed E-state index contributed by atoms with van der Waals surface area (Å²) in [6, 6.07) is 14.4. The predicted molar refractivity (Wildman–Crippen MR) is 106 cm³/mol. The van der Waals surface area contributed by atoms with E-state index in [2.05, 4.69) is 15.6 Å². The van der Waals surface area contributed by atoms with E-state index in [1.165, 1.54) is 11.3 Å². The molecule has 2 N–H and O–H groups in total. The largest absolute Gasteiger partial charge is 0.378 e. The minimum absolute atomic E-state index is 0.231. The van der Waals surface area contributed by atoms with E-state index in [4.69, 9.17) is 4.74 Å². The third kappa shape index (κ3) is 4.58. The van der Waals surface area contributed by atoms with Crippen molar-refractivity contribution in [2.45, 2.75) is 13.5 Å². The van der Waals surface area contributed by atoms with Crippen LogP contribution in [0.2, 0.25) is 0 Å². The average Bonchev–Trinajstić information content (AvgIpc) is 3.13. The number of carbonyl (C=O) groups is 2. The Morgan fingerprint density at radius 1 is 1.04 bits per heavy atom. The minimum Gasteiger partial charge on any atom is -0.378 e. The van der Waals surface area contributed by atoms with Crippen molar-refractivity contribution in [3.05, 3.63) is 75.7 Å². The van der Waals surface area contributed by atoms with Crippen LogP contribution in [-0.2, 0) is 11.3 Å². The third-order valence-corrected chi connectivity index (χ3v) is 4.73. The Morgan fingerprint density at radius 2 is 1.81 bits per heavy atom. The number of aromatic nitrogens is 1. The van der Waals surface area contributed by atoms with Gasteiger partial charge in [-0.25, -0.2) is 4.98 Å². The lowest BCUT2D eigenvalue weighted by Crippen LogP contribution is -2.17. The van der Waals surface area contributed by atoms with E-state index in [1.807, 2.05) is 30.3 Å². The number of hydrogen-bond acceptors (Lipinski definition) is 5. The van der Waals surface area contributed by atoms with Crippen LogP contribution < -0.4 is 10.6 Å². The molecular formula is C20H19N3O3S. The van der Waals surface area contributed by atoms with Crippen molar-refractivity contribution < 1.29 is 14.3 Å². The molecule has 0 saturated heterocycles. The zero-order valence-corrected chi connectivity index (χ0v) is 15.8. The number of ether oxygens (including phenoxy) is 1. The molecule has 0 aliphatic rings. The molecule has 2 aromatic carbocycles. The summed E-state index contributed by atoms with van der Waals surface area (Å²) in [5.74, 6) is -0.553. The van der Waals surface area contributed by atoms with Crippen LogP contribution in [0.3, 0.4) is 0 Å². The van der Waals surface area contributed by atoms with Crippen LogP contribution in [-0.4, -0.2) is 23.9 Å². The second-order valence-corrected chi connectivity index (χ2v) is 6.75. The zero-order chi connectivity index (χ0) is 19.2. The second kappa shape index (κ2) is 8.57. The summed E-state index contributed by atoms with van der Waals surface area (Å²) >= 11 is 1.37. The molecule has 0 aliphatic heterocycles. The topological polar surface area (TPSA) is 80.3 Å². The molecule has 0 aliphatic carbocycles. The predicted octanol–water partition coefficient (Wildman–Crippen LogP) is 4.10. The summed E-state index contributed by atoms with van der Waals surface area (Å²) < 4.78 is 5.02.